The number of hydrogen-bond donors (Lipinski definition) is 10. The number of carbonyl (C=O) groups is 4. The van der Waals surface area contributed by atoms with Crippen molar-refractivity contribution in [2.24, 2.45) is 17.2 Å². The molecule has 260 valence electrons. The molecule has 15 heteroatoms. The summed E-state index contributed by atoms with van der Waals surface area (Å²) in [7, 11) is 0. The number of guanidine groups is 1. The average molecular weight is 677 g/mol. The van der Waals surface area contributed by atoms with Crippen LogP contribution in [0, 0.1) is 19.3 Å². The fraction of sp³-hybridized carbons (Fsp3) is 0.469. The fourth-order valence-corrected chi connectivity index (χ4v) is 5.02. The number of carboxylic acids is 1. The van der Waals surface area contributed by atoms with Crippen LogP contribution in [0.25, 0.3) is 0 Å². The second-order valence-corrected chi connectivity index (χ2v) is 11.3. The highest BCUT2D eigenvalue weighted by molar-refractivity contribution is 5.94. The molecule has 0 bridgehead atoms. The van der Waals surface area contributed by atoms with Gasteiger partial charge < -0.3 is 48.7 Å². The van der Waals surface area contributed by atoms with Crippen molar-refractivity contribution in [1.29, 1.82) is 5.41 Å². The van der Waals surface area contributed by atoms with E-state index in [0.717, 1.165) is 11.1 Å². The van der Waals surface area contributed by atoms with Crippen LogP contribution in [0.4, 0.5) is 0 Å². The molecule has 2 aromatic rings. The summed E-state index contributed by atoms with van der Waals surface area (Å²) in [6.45, 7) is 4.25. The number of phenols is 1. The first-order valence-corrected chi connectivity index (χ1v) is 15.3. The van der Waals surface area contributed by atoms with Crippen LogP contribution in [0.5, 0.6) is 5.75 Å². The minimum absolute atomic E-state index is 0. The molecule has 0 spiro atoms. The highest BCUT2D eigenvalue weighted by Gasteiger charge is 2.31. The molecule has 0 saturated carbocycles. The summed E-state index contributed by atoms with van der Waals surface area (Å²) < 4.78 is 0. The summed E-state index contributed by atoms with van der Waals surface area (Å²) >= 11 is 0. The number of unbranched alkanes of at least 4 members (excludes halogenated alkanes) is 1. The zero-order chi connectivity index (χ0) is 34.2. The van der Waals surface area contributed by atoms with Gasteiger partial charge in [-0.3, -0.25) is 19.8 Å². The van der Waals surface area contributed by atoms with E-state index in [1.54, 1.807) is 56.3 Å². The normalized spacial score (nSPS) is 13.2. The minimum atomic E-state index is -1.24. The zero-order valence-corrected chi connectivity index (χ0v) is 27.7. The van der Waals surface area contributed by atoms with Gasteiger partial charge in [0.2, 0.25) is 17.7 Å². The monoisotopic (exact) mass is 676 g/mol. The summed E-state index contributed by atoms with van der Waals surface area (Å²) in [5.74, 6) is -3.28. The van der Waals surface area contributed by atoms with Crippen molar-refractivity contribution < 1.29 is 29.4 Å². The molecule has 0 aromatic heterocycles. The van der Waals surface area contributed by atoms with Crippen LogP contribution in [-0.4, -0.2) is 77.1 Å². The SMILES string of the molecule is Cc1cc(O)cc(C)c1CC(NC(=O)[C@H](N)CCCNC(=N)N)C(=O)NC(CCCCN)C(=O)NC(Cc1ccccc1)C(=O)O.Cl. The second-order valence-electron chi connectivity index (χ2n) is 11.3. The number of phenolic OH excluding ortho intramolecular Hbond substituents is 1. The molecule has 3 amide bonds. The predicted octanol–water partition coefficient (Wildman–Crippen LogP) is 0.475. The Morgan fingerprint density at radius 1 is 0.830 bits per heavy atom. The summed E-state index contributed by atoms with van der Waals surface area (Å²) in [4.78, 5) is 52.4. The third kappa shape index (κ3) is 14.3. The highest BCUT2D eigenvalue weighted by atomic mass is 35.5. The lowest BCUT2D eigenvalue weighted by molar-refractivity contribution is -0.142. The largest absolute Gasteiger partial charge is 0.508 e. The Morgan fingerprint density at radius 2 is 1.40 bits per heavy atom. The van der Waals surface area contributed by atoms with Gasteiger partial charge in [-0.1, -0.05) is 30.3 Å². The van der Waals surface area contributed by atoms with Crippen LogP contribution in [0.2, 0.25) is 0 Å². The molecular formula is C32H49ClN8O6. The van der Waals surface area contributed by atoms with E-state index >= 15 is 0 Å². The average Bonchev–Trinajstić information content (AvgIpc) is 2.99. The Bertz CT molecular complexity index is 1320. The maximum absolute atomic E-state index is 13.8. The summed E-state index contributed by atoms with van der Waals surface area (Å²) in [6, 6.07) is 7.49. The van der Waals surface area contributed by atoms with Gasteiger partial charge in [0.05, 0.1) is 6.04 Å². The van der Waals surface area contributed by atoms with Gasteiger partial charge >= 0.3 is 5.97 Å². The van der Waals surface area contributed by atoms with Crippen molar-refractivity contribution in [2.45, 2.75) is 83.0 Å². The van der Waals surface area contributed by atoms with E-state index in [-0.39, 0.29) is 49.8 Å². The number of aliphatic carboxylic acids is 1. The molecular weight excluding hydrogens is 628 g/mol. The van der Waals surface area contributed by atoms with Gasteiger partial charge in [-0.15, -0.1) is 12.4 Å². The molecule has 0 aliphatic carbocycles. The molecule has 14 nitrogen and oxygen atoms in total. The first-order chi connectivity index (χ1) is 21.8. The number of nitrogens with one attached hydrogen (secondary N) is 5. The summed E-state index contributed by atoms with van der Waals surface area (Å²) in [5, 5.41) is 37.7. The topological polar surface area (TPSA) is 259 Å². The van der Waals surface area contributed by atoms with Crippen LogP contribution < -0.4 is 38.5 Å². The molecule has 4 atom stereocenters. The number of carbonyl (C=O) groups excluding carboxylic acids is 3. The van der Waals surface area contributed by atoms with Gasteiger partial charge in [-0.2, -0.15) is 0 Å². The zero-order valence-electron chi connectivity index (χ0n) is 26.9. The first-order valence-electron chi connectivity index (χ1n) is 15.3. The molecule has 0 heterocycles. The molecule has 0 saturated heterocycles. The molecule has 2 aromatic carbocycles. The van der Waals surface area contributed by atoms with E-state index in [0.29, 0.717) is 43.5 Å². The molecule has 13 N–H and O–H groups in total. The second kappa shape index (κ2) is 20.7. The number of carboxylic acid groups (broad SMARTS) is 1. The van der Waals surface area contributed by atoms with Crippen molar-refractivity contribution in [1.82, 2.24) is 21.3 Å². The molecule has 0 fully saturated rings. The Balaban J connectivity index is 0.0000110. The van der Waals surface area contributed by atoms with E-state index < -0.39 is 47.9 Å². The number of aromatic hydroxyl groups is 1. The Labute approximate surface area is 281 Å². The Kier molecular flexibility index (Phi) is 17.9. The molecule has 0 aliphatic heterocycles. The van der Waals surface area contributed by atoms with Crippen LogP contribution >= 0.6 is 12.4 Å². The van der Waals surface area contributed by atoms with Gasteiger partial charge in [-0.25, -0.2) is 4.79 Å². The van der Waals surface area contributed by atoms with E-state index in [4.69, 9.17) is 22.6 Å². The standard InChI is InChI=1S/C32H48N8O6.ClH/c1-19-15-22(41)16-20(2)23(19)18-26(39-28(42)24(34)11-8-14-37-32(35)36)30(44)38-25(12-6-7-13-33)29(43)40-27(31(45)46)17-21-9-4-3-5-10-21;/h3-5,9-10,15-16,24-27,41H,6-8,11-14,17-18,33-34H2,1-2H3,(H,38,44)(H,39,42)(H,40,43)(H,45,46)(H4,35,36,37);1H/t24-,25?,26?,27?;/m1./s1. The predicted molar refractivity (Wildman–Crippen MR) is 182 cm³/mol. The van der Waals surface area contributed by atoms with E-state index in [2.05, 4.69) is 21.3 Å². The number of nitrogens with two attached hydrogens (primary N) is 3. The van der Waals surface area contributed by atoms with Crippen LogP contribution in [0.1, 0.15) is 54.4 Å². The molecule has 47 heavy (non-hydrogen) atoms. The maximum Gasteiger partial charge on any atom is 0.326 e. The van der Waals surface area contributed by atoms with Gasteiger partial charge in [0.1, 0.15) is 23.9 Å². The third-order valence-electron chi connectivity index (χ3n) is 7.54. The lowest BCUT2D eigenvalue weighted by Gasteiger charge is -2.26. The van der Waals surface area contributed by atoms with Crippen molar-refractivity contribution >= 4 is 42.1 Å². The van der Waals surface area contributed by atoms with Gasteiger partial charge in [0.25, 0.3) is 0 Å². The lowest BCUT2D eigenvalue weighted by atomic mass is 9.95. The van der Waals surface area contributed by atoms with E-state index in [9.17, 15) is 29.4 Å². The molecule has 0 radical (unpaired) electrons. The third-order valence-corrected chi connectivity index (χ3v) is 7.54. The number of amides is 3. The van der Waals surface area contributed by atoms with Crippen LogP contribution in [-0.2, 0) is 32.0 Å². The molecule has 3 unspecified atom stereocenters. The Hall–Kier alpha value is -4.40. The number of hydrogen-bond acceptors (Lipinski definition) is 8. The van der Waals surface area contributed by atoms with Crippen LogP contribution in [0.3, 0.4) is 0 Å². The minimum Gasteiger partial charge on any atom is -0.508 e. The Morgan fingerprint density at radius 3 is 1.98 bits per heavy atom. The smallest absolute Gasteiger partial charge is 0.326 e. The fourth-order valence-electron chi connectivity index (χ4n) is 5.02. The number of aryl methyl sites for hydroxylation is 2. The van der Waals surface area contributed by atoms with Crippen molar-refractivity contribution in [3.05, 3.63) is 64.7 Å². The summed E-state index contributed by atoms with van der Waals surface area (Å²) in [5.41, 5.74) is 19.9. The maximum atomic E-state index is 13.8. The highest BCUT2D eigenvalue weighted by Crippen LogP contribution is 2.22. The lowest BCUT2D eigenvalue weighted by Crippen LogP contribution is -2.57. The van der Waals surface area contributed by atoms with Crippen LogP contribution in [0.15, 0.2) is 42.5 Å². The first kappa shape index (κ1) is 40.6. The van der Waals surface area contributed by atoms with Crippen molar-refractivity contribution in [3.8, 4) is 5.75 Å². The summed E-state index contributed by atoms with van der Waals surface area (Å²) in [6.07, 6.45) is 2.02. The molecule has 0 aliphatic rings. The number of halogens is 1. The van der Waals surface area contributed by atoms with Gasteiger partial charge in [-0.05, 0) is 86.9 Å². The van der Waals surface area contributed by atoms with Gasteiger partial charge in [0.15, 0.2) is 5.96 Å². The van der Waals surface area contributed by atoms with E-state index in [1.807, 2.05) is 0 Å². The molecule has 2 rings (SSSR count). The van der Waals surface area contributed by atoms with Crippen molar-refractivity contribution in [2.75, 3.05) is 13.1 Å². The number of benzene rings is 2. The number of rotatable bonds is 19. The van der Waals surface area contributed by atoms with E-state index in [1.165, 1.54) is 0 Å². The quantitative estimate of drug-likeness (QED) is 0.0559. The van der Waals surface area contributed by atoms with Crippen molar-refractivity contribution in [3.63, 3.8) is 0 Å². The van der Waals surface area contributed by atoms with Gasteiger partial charge in [0, 0.05) is 19.4 Å².